The van der Waals surface area contributed by atoms with Gasteiger partial charge in [-0.25, -0.2) is 4.79 Å². The molecule has 0 amide bonds. The number of phenolic OH excluding ortho intramolecular Hbond substituents is 1. The van der Waals surface area contributed by atoms with Gasteiger partial charge >= 0.3 is 5.97 Å². The highest BCUT2D eigenvalue weighted by atomic mass is 16.5. The fourth-order valence-electron chi connectivity index (χ4n) is 3.63. The van der Waals surface area contributed by atoms with E-state index in [4.69, 9.17) is 4.74 Å². The summed E-state index contributed by atoms with van der Waals surface area (Å²) in [6.07, 6.45) is 14.1. The van der Waals surface area contributed by atoms with E-state index in [1.165, 1.54) is 63.5 Å². The molecule has 0 atom stereocenters. The first-order valence-electron chi connectivity index (χ1n) is 11.2. The Morgan fingerprint density at radius 2 is 1.50 bits per heavy atom. The molecule has 0 aliphatic rings. The van der Waals surface area contributed by atoms with Crippen LogP contribution < -0.4 is 4.74 Å². The normalized spacial score (nSPS) is 10.7. The van der Waals surface area contributed by atoms with Crippen molar-refractivity contribution in [2.75, 3.05) is 0 Å². The van der Waals surface area contributed by atoms with Gasteiger partial charge in [0, 0.05) is 0 Å². The van der Waals surface area contributed by atoms with Crippen LogP contribution in [0.2, 0.25) is 0 Å². The van der Waals surface area contributed by atoms with Gasteiger partial charge < -0.3 is 9.84 Å². The number of hydrogen-bond donors (Lipinski definition) is 1. The fraction of sp³-hybridized carbons (Fsp3) is 0.462. The van der Waals surface area contributed by atoms with E-state index in [9.17, 15) is 14.7 Å². The standard InChI is InChI=1S/C26H34O4/c1-2-3-4-5-6-7-8-9-10-11-15-21-16-14-19-25(23(21)20-27)30-26(29)22-17-12-13-18-24(22)28/h12-14,16-20,28H,2-11,15H2,1H3. The number of hydrogen-bond acceptors (Lipinski definition) is 4. The number of carbonyl (C=O) groups is 2. The number of aldehydes is 1. The van der Waals surface area contributed by atoms with E-state index in [1.54, 1.807) is 24.3 Å². The molecular weight excluding hydrogens is 376 g/mol. The molecule has 0 fully saturated rings. The number of carbonyl (C=O) groups excluding carboxylic acids is 2. The van der Waals surface area contributed by atoms with E-state index >= 15 is 0 Å². The van der Waals surface area contributed by atoms with Crippen LogP contribution in [0.15, 0.2) is 42.5 Å². The van der Waals surface area contributed by atoms with Crippen LogP contribution in [0, 0.1) is 0 Å². The summed E-state index contributed by atoms with van der Waals surface area (Å²) in [5.74, 6) is -0.577. The summed E-state index contributed by atoms with van der Waals surface area (Å²) in [5, 5.41) is 9.83. The second kappa shape index (κ2) is 13.6. The molecule has 1 N–H and O–H groups in total. The van der Waals surface area contributed by atoms with Crippen molar-refractivity contribution in [2.45, 2.75) is 77.6 Å². The molecule has 0 heterocycles. The number of phenols is 1. The first-order valence-corrected chi connectivity index (χ1v) is 11.2. The van der Waals surface area contributed by atoms with Crippen molar-refractivity contribution in [1.82, 2.24) is 0 Å². The molecule has 0 saturated carbocycles. The van der Waals surface area contributed by atoms with E-state index in [2.05, 4.69) is 6.92 Å². The lowest BCUT2D eigenvalue weighted by Gasteiger charge is -2.11. The summed E-state index contributed by atoms with van der Waals surface area (Å²) in [4.78, 5) is 24.0. The monoisotopic (exact) mass is 410 g/mol. The minimum absolute atomic E-state index is 0.0782. The lowest BCUT2D eigenvalue weighted by molar-refractivity contribution is 0.0730. The van der Waals surface area contributed by atoms with E-state index in [-0.39, 0.29) is 17.1 Å². The molecule has 0 unspecified atom stereocenters. The molecular formula is C26H34O4. The third kappa shape index (κ3) is 7.66. The van der Waals surface area contributed by atoms with Gasteiger partial charge in [-0.1, -0.05) is 89.0 Å². The molecule has 2 rings (SSSR count). The number of aromatic hydroxyl groups is 1. The third-order valence-corrected chi connectivity index (χ3v) is 5.40. The number of para-hydroxylation sites is 1. The fourth-order valence-corrected chi connectivity index (χ4v) is 3.63. The highest BCUT2D eigenvalue weighted by Crippen LogP contribution is 2.25. The maximum absolute atomic E-state index is 12.4. The molecule has 0 spiro atoms. The van der Waals surface area contributed by atoms with Gasteiger partial charge in [0.1, 0.15) is 17.1 Å². The summed E-state index contributed by atoms with van der Waals surface area (Å²) >= 11 is 0. The van der Waals surface area contributed by atoms with Crippen LogP contribution >= 0.6 is 0 Å². The van der Waals surface area contributed by atoms with Gasteiger partial charge in [0.25, 0.3) is 0 Å². The Labute approximate surface area is 180 Å². The molecule has 162 valence electrons. The second-order valence-corrected chi connectivity index (χ2v) is 7.79. The van der Waals surface area contributed by atoms with Crippen LogP contribution in [0.25, 0.3) is 0 Å². The number of benzene rings is 2. The van der Waals surface area contributed by atoms with Crippen LogP contribution in [-0.4, -0.2) is 17.4 Å². The summed E-state index contributed by atoms with van der Waals surface area (Å²) in [5.41, 5.74) is 1.39. The van der Waals surface area contributed by atoms with E-state index in [0.717, 1.165) is 31.1 Å². The molecule has 4 heteroatoms. The molecule has 2 aromatic carbocycles. The largest absolute Gasteiger partial charge is 0.507 e. The minimum Gasteiger partial charge on any atom is -0.507 e. The molecule has 0 saturated heterocycles. The summed E-state index contributed by atoms with van der Waals surface area (Å²) < 4.78 is 5.41. The van der Waals surface area contributed by atoms with Crippen LogP contribution in [0.1, 0.15) is 97.4 Å². The summed E-state index contributed by atoms with van der Waals surface area (Å²) in [6, 6.07) is 11.5. The Kier molecular flexibility index (Phi) is 10.7. The minimum atomic E-state index is -0.674. The summed E-state index contributed by atoms with van der Waals surface area (Å²) in [6.45, 7) is 2.24. The van der Waals surface area contributed by atoms with E-state index in [0.29, 0.717) is 5.56 Å². The topological polar surface area (TPSA) is 63.6 Å². The predicted molar refractivity (Wildman–Crippen MR) is 120 cm³/mol. The van der Waals surface area contributed by atoms with Crippen molar-refractivity contribution < 1.29 is 19.4 Å². The van der Waals surface area contributed by atoms with Gasteiger partial charge in [-0.15, -0.1) is 0 Å². The van der Waals surface area contributed by atoms with E-state index < -0.39 is 5.97 Å². The van der Waals surface area contributed by atoms with Crippen molar-refractivity contribution in [3.8, 4) is 11.5 Å². The Morgan fingerprint density at radius 3 is 2.13 bits per heavy atom. The number of ether oxygens (including phenoxy) is 1. The van der Waals surface area contributed by atoms with E-state index in [1.807, 2.05) is 6.07 Å². The van der Waals surface area contributed by atoms with Crippen LogP contribution in [0.4, 0.5) is 0 Å². The van der Waals surface area contributed by atoms with Crippen LogP contribution in [0.5, 0.6) is 11.5 Å². The Morgan fingerprint density at radius 1 is 0.867 bits per heavy atom. The predicted octanol–water partition coefficient (Wildman–Crippen LogP) is 6.89. The lowest BCUT2D eigenvalue weighted by atomic mass is 10.00. The molecule has 30 heavy (non-hydrogen) atoms. The van der Waals surface area contributed by atoms with Crippen LogP contribution in [-0.2, 0) is 6.42 Å². The van der Waals surface area contributed by atoms with Crippen molar-refractivity contribution in [3.05, 3.63) is 59.2 Å². The first-order chi connectivity index (χ1) is 14.7. The van der Waals surface area contributed by atoms with Gasteiger partial charge in [0.2, 0.25) is 0 Å². The van der Waals surface area contributed by atoms with Gasteiger partial charge in [-0.05, 0) is 36.6 Å². The van der Waals surface area contributed by atoms with Gasteiger partial charge in [-0.2, -0.15) is 0 Å². The zero-order valence-corrected chi connectivity index (χ0v) is 18.1. The van der Waals surface area contributed by atoms with Gasteiger partial charge in [0.15, 0.2) is 6.29 Å². The average molecular weight is 411 g/mol. The number of unbranched alkanes of at least 4 members (excludes halogenated alkanes) is 9. The molecule has 0 radical (unpaired) electrons. The lowest BCUT2D eigenvalue weighted by Crippen LogP contribution is -2.11. The van der Waals surface area contributed by atoms with Gasteiger partial charge in [0.05, 0.1) is 5.56 Å². The zero-order chi connectivity index (χ0) is 21.6. The maximum Gasteiger partial charge on any atom is 0.347 e. The average Bonchev–Trinajstić information content (AvgIpc) is 2.75. The summed E-state index contributed by atoms with van der Waals surface area (Å²) in [7, 11) is 0. The zero-order valence-electron chi connectivity index (χ0n) is 18.1. The number of rotatable bonds is 14. The van der Waals surface area contributed by atoms with Crippen LogP contribution in [0.3, 0.4) is 0 Å². The Balaban J connectivity index is 1.81. The number of aryl methyl sites for hydroxylation is 1. The quantitative estimate of drug-likeness (QED) is 0.159. The Hall–Kier alpha value is -2.62. The van der Waals surface area contributed by atoms with Gasteiger partial charge in [-0.3, -0.25) is 4.79 Å². The second-order valence-electron chi connectivity index (χ2n) is 7.79. The molecule has 0 aromatic heterocycles. The van der Waals surface area contributed by atoms with Crippen molar-refractivity contribution >= 4 is 12.3 Å². The highest BCUT2D eigenvalue weighted by Gasteiger charge is 2.16. The Bertz CT molecular complexity index is 797. The van der Waals surface area contributed by atoms with Crippen molar-refractivity contribution in [1.29, 1.82) is 0 Å². The number of esters is 1. The molecule has 0 aliphatic heterocycles. The SMILES string of the molecule is CCCCCCCCCCCCc1cccc(OC(=O)c2ccccc2O)c1C=O. The third-order valence-electron chi connectivity index (χ3n) is 5.40. The molecule has 4 nitrogen and oxygen atoms in total. The smallest absolute Gasteiger partial charge is 0.347 e. The van der Waals surface area contributed by atoms with Crippen molar-refractivity contribution in [2.24, 2.45) is 0 Å². The van der Waals surface area contributed by atoms with Crippen molar-refractivity contribution in [3.63, 3.8) is 0 Å². The molecule has 2 aromatic rings. The highest BCUT2D eigenvalue weighted by molar-refractivity contribution is 5.95. The maximum atomic E-state index is 12.4. The molecule has 0 aliphatic carbocycles. The molecule has 0 bridgehead atoms. The first kappa shape index (κ1) is 23.7.